The molecule has 20 heavy (non-hydrogen) atoms. The van der Waals surface area contributed by atoms with Crippen molar-refractivity contribution in [3.05, 3.63) is 15.6 Å². The van der Waals surface area contributed by atoms with E-state index < -0.39 is 5.97 Å². The van der Waals surface area contributed by atoms with Crippen LogP contribution in [0.15, 0.2) is 0 Å². The molecule has 0 bridgehead atoms. The van der Waals surface area contributed by atoms with Gasteiger partial charge in [-0.1, -0.05) is 6.92 Å². The van der Waals surface area contributed by atoms with Gasteiger partial charge in [0.05, 0.1) is 12.2 Å². The summed E-state index contributed by atoms with van der Waals surface area (Å²) in [6.45, 7) is 5.90. The summed E-state index contributed by atoms with van der Waals surface area (Å²) in [5.41, 5.74) is 0.479. The third kappa shape index (κ3) is 5.38. The molecule has 1 heterocycles. The molecule has 0 radical (unpaired) electrons. The summed E-state index contributed by atoms with van der Waals surface area (Å²) in [5, 5.41) is 15.0. The highest BCUT2D eigenvalue weighted by atomic mass is 32.2. The van der Waals surface area contributed by atoms with Crippen molar-refractivity contribution in [2.45, 2.75) is 33.4 Å². The first-order valence-corrected chi connectivity index (χ1v) is 8.22. The number of thioether (sulfide) groups is 1. The maximum atomic E-state index is 11.6. The van der Waals surface area contributed by atoms with Gasteiger partial charge in [0.15, 0.2) is 0 Å². The Morgan fingerprint density at radius 2 is 2.20 bits per heavy atom. The van der Waals surface area contributed by atoms with Crippen LogP contribution in [0, 0.1) is 6.92 Å². The molecular formula is C12H19N3O3S2. The first kappa shape index (κ1) is 16.8. The van der Waals surface area contributed by atoms with Gasteiger partial charge in [-0.25, -0.2) is 14.6 Å². The van der Waals surface area contributed by atoms with E-state index >= 15 is 0 Å². The monoisotopic (exact) mass is 317 g/mol. The van der Waals surface area contributed by atoms with E-state index in [-0.39, 0.29) is 23.5 Å². The Balaban J connectivity index is 2.41. The first-order chi connectivity index (χ1) is 9.43. The van der Waals surface area contributed by atoms with Gasteiger partial charge in [0.2, 0.25) is 0 Å². The van der Waals surface area contributed by atoms with Crippen LogP contribution >= 0.6 is 23.1 Å². The molecule has 0 aliphatic rings. The fourth-order valence-corrected chi connectivity index (χ4v) is 3.01. The van der Waals surface area contributed by atoms with E-state index in [1.807, 2.05) is 6.92 Å². The number of rotatable bonds is 7. The molecule has 1 aromatic heterocycles. The van der Waals surface area contributed by atoms with E-state index in [2.05, 4.69) is 22.5 Å². The topological polar surface area (TPSA) is 91.3 Å². The van der Waals surface area contributed by atoms with Crippen molar-refractivity contribution in [2.75, 3.05) is 11.5 Å². The zero-order valence-electron chi connectivity index (χ0n) is 11.7. The molecular weight excluding hydrogens is 298 g/mol. The van der Waals surface area contributed by atoms with E-state index in [4.69, 9.17) is 5.11 Å². The van der Waals surface area contributed by atoms with Crippen LogP contribution in [0.2, 0.25) is 0 Å². The molecule has 1 atom stereocenters. The molecule has 0 spiro atoms. The fourth-order valence-electron chi connectivity index (χ4n) is 1.49. The normalized spacial score (nSPS) is 11.9. The SMILES string of the molecule is CCSCC(C)NC(=O)NCc1nc(C)c(C(=O)O)s1. The van der Waals surface area contributed by atoms with Gasteiger partial charge < -0.3 is 15.7 Å². The zero-order valence-corrected chi connectivity index (χ0v) is 13.4. The van der Waals surface area contributed by atoms with E-state index in [0.29, 0.717) is 10.7 Å². The molecule has 1 unspecified atom stereocenters. The Morgan fingerprint density at radius 3 is 2.75 bits per heavy atom. The van der Waals surface area contributed by atoms with E-state index in [1.165, 1.54) is 0 Å². The minimum absolute atomic E-state index is 0.0903. The third-order valence-corrected chi connectivity index (χ3v) is 4.67. The smallest absolute Gasteiger partial charge is 0.347 e. The molecule has 1 rings (SSSR count). The molecule has 0 saturated heterocycles. The molecule has 2 amide bonds. The summed E-state index contributed by atoms with van der Waals surface area (Å²) >= 11 is 2.85. The molecule has 0 saturated carbocycles. The minimum atomic E-state index is -0.985. The predicted octanol–water partition coefficient (Wildman–Crippen LogP) is 2.09. The summed E-state index contributed by atoms with van der Waals surface area (Å²) < 4.78 is 0. The lowest BCUT2D eigenvalue weighted by molar-refractivity contribution is 0.0701. The van der Waals surface area contributed by atoms with Gasteiger partial charge in [-0.3, -0.25) is 0 Å². The van der Waals surface area contributed by atoms with Crippen LogP contribution in [0.1, 0.15) is 34.2 Å². The zero-order chi connectivity index (χ0) is 15.1. The van der Waals surface area contributed by atoms with E-state index in [0.717, 1.165) is 22.8 Å². The lowest BCUT2D eigenvalue weighted by Crippen LogP contribution is -2.41. The molecule has 0 aliphatic carbocycles. The molecule has 0 fully saturated rings. The van der Waals surface area contributed by atoms with Crippen LogP contribution in [-0.2, 0) is 6.54 Å². The summed E-state index contributed by atoms with van der Waals surface area (Å²) in [6.07, 6.45) is 0. The number of aromatic nitrogens is 1. The lowest BCUT2D eigenvalue weighted by Gasteiger charge is -2.13. The number of carbonyl (C=O) groups excluding carboxylic acids is 1. The standard InChI is InChI=1S/C12H19N3O3S2/c1-4-19-6-7(2)14-12(18)13-5-9-15-8(3)10(20-9)11(16)17/h7H,4-6H2,1-3H3,(H,16,17)(H2,13,14,18). The fraction of sp³-hybridized carbons (Fsp3) is 0.583. The number of nitrogens with one attached hydrogen (secondary N) is 2. The average molecular weight is 317 g/mol. The molecule has 6 nitrogen and oxygen atoms in total. The van der Waals surface area contributed by atoms with Crippen LogP contribution in [0.3, 0.4) is 0 Å². The average Bonchev–Trinajstić information content (AvgIpc) is 2.75. The number of urea groups is 1. The maximum Gasteiger partial charge on any atom is 0.347 e. The van der Waals surface area contributed by atoms with Crippen LogP contribution < -0.4 is 10.6 Å². The van der Waals surface area contributed by atoms with Crippen LogP contribution in [0.25, 0.3) is 0 Å². The Morgan fingerprint density at radius 1 is 1.50 bits per heavy atom. The second-order valence-corrected chi connectivity index (χ2v) is 6.62. The van der Waals surface area contributed by atoms with Crippen molar-refractivity contribution in [3.8, 4) is 0 Å². The molecule has 112 valence electrons. The third-order valence-electron chi connectivity index (χ3n) is 2.38. The van der Waals surface area contributed by atoms with Gasteiger partial charge in [0.1, 0.15) is 9.88 Å². The summed E-state index contributed by atoms with van der Waals surface area (Å²) in [4.78, 5) is 26.9. The first-order valence-electron chi connectivity index (χ1n) is 6.25. The van der Waals surface area contributed by atoms with Crippen molar-refractivity contribution in [2.24, 2.45) is 0 Å². The van der Waals surface area contributed by atoms with Gasteiger partial charge in [-0.2, -0.15) is 11.8 Å². The summed E-state index contributed by atoms with van der Waals surface area (Å²) in [6, 6.07) is -0.175. The van der Waals surface area contributed by atoms with Gasteiger partial charge in [0.25, 0.3) is 0 Å². The number of hydrogen-bond acceptors (Lipinski definition) is 5. The van der Waals surface area contributed by atoms with Crippen LogP contribution in [0.5, 0.6) is 0 Å². The van der Waals surface area contributed by atoms with Crippen LogP contribution in [0.4, 0.5) is 4.79 Å². The van der Waals surface area contributed by atoms with Crippen molar-refractivity contribution in [3.63, 3.8) is 0 Å². The number of thiazole rings is 1. The number of aryl methyl sites for hydroxylation is 1. The minimum Gasteiger partial charge on any atom is -0.477 e. The Kier molecular flexibility index (Phi) is 6.80. The van der Waals surface area contributed by atoms with Crippen molar-refractivity contribution < 1.29 is 14.7 Å². The van der Waals surface area contributed by atoms with Crippen molar-refractivity contribution in [1.82, 2.24) is 15.6 Å². The summed E-state index contributed by atoms with van der Waals surface area (Å²) in [5.74, 6) is 0.897. The largest absolute Gasteiger partial charge is 0.477 e. The van der Waals surface area contributed by atoms with Crippen LogP contribution in [-0.4, -0.2) is 39.6 Å². The van der Waals surface area contributed by atoms with Gasteiger partial charge in [-0.15, -0.1) is 11.3 Å². The molecule has 0 aliphatic heterocycles. The summed E-state index contributed by atoms with van der Waals surface area (Å²) in [7, 11) is 0. The number of aromatic carboxylic acids is 1. The Hall–Kier alpha value is -1.28. The highest BCUT2D eigenvalue weighted by Gasteiger charge is 2.14. The van der Waals surface area contributed by atoms with Gasteiger partial charge in [-0.05, 0) is 19.6 Å². The van der Waals surface area contributed by atoms with Crippen molar-refractivity contribution in [1.29, 1.82) is 0 Å². The van der Waals surface area contributed by atoms with Gasteiger partial charge in [0, 0.05) is 11.8 Å². The second kappa shape index (κ2) is 8.11. The highest BCUT2D eigenvalue weighted by molar-refractivity contribution is 7.99. The molecule has 3 N–H and O–H groups in total. The number of nitrogens with zero attached hydrogens (tertiary/aromatic N) is 1. The number of carboxylic acid groups (broad SMARTS) is 1. The maximum absolute atomic E-state index is 11.6. The lowest BCUT2D eigenvalue weighted by atomic mass is 10.4. The molecule has 1 aromatic rings. The second-order valence-electron chi connectivity index (χ2n) is 4.21. The molecule has 8 heteroatoms. The predicted molar refractivity (Wildman–Crippen MR) is 81.6 cm³/mol. The number of carboxylic acids is 1. The Labute approximate surface area is 126 Å². The number of amides is 2. The van der Waals surface area contributed by atoms with Crippen molar-refractivity contribution >= 4 is 35.1 Å². The number of carbonyl (C=O) groups is 2. The quantitative estimate of drug-likeness (QED) is 0.716. The Bertz CT molecular complexity index is 477. The van der Waals surface area contributed by atoms with E-state index in [9.17, 15) is 9.59 Å². The molecule has 0 aromatic carbocycles. The highest BCUT2D eigenvalue weighted by Crippen LogP contribution is 2.17. The number of hydrogen-bond donors (Lipinski definition) is 3. The van der Waals surface area contributed by atoms with Gasteiger partial charge >= 0.3 is 12.0 Å². The van der Waals surface area contributed by atoms with E-state index in [1.54, 1.807) is 18.7 Å².